The van der Waals surface area contributed by atoms with Crippen molar-refractivity contribution in [2.24, 2.45) is 5.73 Å². The van der Waals surface area contributed by atoms with Crippen LogP contribution in [0, 0.1) is 0 Å². The number of hydrogen-bond acceptors (Lipinski definition) is 3. The summed E-state index contributed by atoms with van der Waals surface area (Å²) in [5, 5.41) is 0. The second-order valence-electron chi connectivity index (χ2n) is 4.46. The van der Waals surface area contributed by atoms with Crippen molar-refractivity contribution in [3.8, 4) is 0 Å². The lowest BCUT2D eigenvalue weighted by Gasteiger charge is -2.27. The predicted molar refractivity (Wildman–Crippen MR) is 69.1 cm³/mol. The summed E-state index contributed by atoms with van der Waals surface area (Å²) in [5.41, 5.74) is 5.27. The van der Waals surface area contributed by atoms with Crippen LogP contribution in [-0.4, -0.2) is 26.8 Å². The number of anilines is 1. The minimum Gasteiger partial charge on any atom is -0.383 e. The summed E-state index contributed by atoms with van der Waals surface area (Å²) < 4.78 is 43.8. The fourth-order valence-electron chi connectivity index (χ4n) is 1.83. The second-order valence-corrected chi connectivity index (χ2v) is 4.46. The van der Waals surface area contributed by atoms with Crippen molar-refractivity contribution in [2.45, 2.75) is 25.7 Å². The molecule has 0 saturated heterocycles. The largest absolute Gasteiger partial charge is 0.416 e. The van der Waals surface area contributed by atoms with Crippen molar-refractivity contribution in [3.63, 3.8) is 0 Å². The maximum absolute atomic E-state index is 12.9. The molecule has 1 aromatic carbocycles. The molecule has 6 heteroatoms. The third-order valence-corrected chi connectivity index (χ3v) is 3.10. The van der Waals surface area contributed by atoms with Gasteiger partial charge < -0.3 is 15.4 Å². The Hall–Kier alpha value is -1.27. The highest BCUT2D eigenvalue weighted by atomic mass is 19.4. The summed E-state index contributed by atoms with van der Waals surface area (Å²) in [7, 11) is 3.30. The van der Waals surface area contributed by atoms with E-state index in [1.165, 1.54) is 6.07 Å². The first-order chi connectivity index (χ1) is 8.81. The third-order valence-electron chi connectivity index (χ3n) is 3.10. The topological polar surface area (TPSA) is 38.5 Å². The van der Waals surface area contributed by atoms with E-state index in [9.17, 15) is 13.2 Å². The van der Waals surface area contributed by atoms with Crippen molar-refractivity contribution in [2.75, 3.05) is 25.7 Å². The molecule has 0 aromatic heterocycles. The second kappa shape index (κ2) is 6.25. The molecule has 1 rings (SSSR count). The van der Waals surface area contributed by atoms with Crippen LogP contribution in [0.1, 0.15) is 18.1 Å². The Balaban J connectivity index is 3.11. The number of likely N-dealkylation sites (N-methyl/N-ethyl adjacent to an activating group) is 1. The van der Waals surface area contributed by atoms with Crippen molar-refractivity contribution < 1.29 is 17.9 Å². The Morgan fingerprint density at radius 2 is 2.00 bits per heavy atom. The van der Waals surface area contributed by atoms with Gasteiger partial charge in [0.15, 0.2) is 0 Å². The van der Waals surface area contributed by atoms with E-state index in [-0.39, 0.29) is 18.2 Å². The van der Waals surface area contributed by atoms with Crippen LogP contribution < -0.4 is 10.6 Å². The molecule has 0 aliphatic rings. The van der Waals surface area contributed by atoms with Gasteiger partial charge in [0.1, 0.15) is 0 Å². The minimum absolute atomic E-state index is 0.0187. The van der Waals surface area contributed by atoms with Crippen molar-refractivity contribution in [1.29, 1.82) is 0 Å². The Kier molecular flexibility index (Phi) is 5.20. The normalized spacial score (nSPS) is 13.4. The molecule has 0 fully saturated rings. The zero-order valence-electron chi connectivity index (χ0n) is 11.3. The molecule has 1 aromatic rings. The monoisotopic (exact) mass is 276 g/mol. The van der Waals surface area contributed by atoms with Crippen LogP contribution in [0.15, 0.2) is 18.2 Å². The zero-order chi connectivity index (χ0) is 14.6. The lowest BCUT2D eigenvalue weighted by Crippen LogP contribution is -2.32. The molecular weight excluding hydrogens is 257 g/mol. The molecule has 0 heterocycles. The molecule has 0 amide bonds. The van der Waals surface area contributed by atoms with Gasteiger partial charge in [0, 0.05) is 32.4 Å². The maximum Gasteiger partial charge on any atom is 0.416 e. The molecule has 1 unspecified atom stereocenters. The Morgan fingerprint density at radius 3 is 2.47 bits per heavy atom. The number of hydrogen-bond donors (Lipinski definition) is 1. The van der Waals surface area contributed by atoms with Crippen LogP contribution in [0.5, 0.6) is 0 Å². The summed E-state index contributed by atoms with van der Waals surface area (Å²) in [5.74, 6) is 0. The van der Waals surface area contributed by atoms with Crippen molar-refractivity contribution >= 4 is 5.69 Å². The van der Waals surface area contributed by atoms with Crippen LogP contribution in [0.2, 0.25) is 0 Å². The van der Waals surface area contributed by atoms with Crippen LogP contribution >= 0.6 is 0 Å². The van der Waals surface area contributed by atoms with E-state index < -0.39 is 11.7 Å². The molecule has 19 heavy (non-hydrogen) atoms. The van der Waals surface area contributed by atoms with Gasteiger partial charge in [-0.05, 0) is 24.6 Å². The number of alkyl halides is 3. The molecule has 0 aliphatic carbocycles. The van der Waals surface area contributed by atoms with Crippen molar-refractivity contribution in [3.05, 3.63) is 29.3 Å². The quantitative estimate of drug-likeness (QED) is 0.898. The predicted octanol–water partition coefficient (Wildman–Crippen LogP) is 2.64. The van der Waals surface area contributed by atoms with Crippen LogP contribution in [0.3, 0.4) is 0 Å². The van der Waals surface area contributed by atoms with E-state index in [0.29, 0.717) is 12.3 Å². The third kappa shape index (κ3) is 3.84. The number of rotatable bonds is 5. The van der Waals surface area contributed by atoms with Crippen LogP contribution in [0.4, 0.5) is 18.9 Å². The molecule has 0 spiro atoms. The smallest absolute Gasteiger partial charge is 0.383 e. The number of halogens is 3. The highest BCUT2D eigenvalue weighted by Crippen LogP contribution is 2.34. The van der Waals surface area contributed by atoms with Gasteiger partial charge in [-0.3, -0.25) is 0 Å². The van der Waals surface area contributed by atoms with Crippen LogP contribution in [-0.2, 0) is 17.5 Å². The van der Waals surface area contributed by atoms with E-state index in [4.69, 9.17) is 10.5 Å². The number of ether oxygens (including phenoxy) is 1. The number of benzene rings is 1. The van der Waals surface area contributed by atoms with Gasteiger partial charge in [0.25, 0.3) is 0 Å². The molecule has 0 bridgehead atoms. The lowest BCUT2D eigenvalue weighted by molar-refractivity contribution is -0.138. The van der Waals surface area contributed by atoms with Crippen LogP contribution in [0.25, 0.3) is 0 Å². The van der Waals surface area contributed by atoms with E-state index in [1.54, 1.807) is 25.1 Å². The Morgan fingerprint density at radius 1 is 1.37 bits per heavy atom. The minimum atomic E-state index is -4.39. The fourth-order valence-corrected chi connectivity index (χ4v) is 1.83. The van der Waals surface area contributed by atoms with E-state index in [1.807, 2.05) is 6.92 Å². The number of nitrogens with zero attached hydrogens (tertiary/aromatic N) is 1. The molecule has 0 radical (unpaired) electrons. The van der Waals surface area contributed by atoms with Gasteiger partial charge in [0.05, 0.1) is 12.2 Å². The van der Waals surface area contributed by atoms with Gasteiger partial charge in [-0.1, -0.05) is 6.07 Å². The molecule has 108 valence electrons. The first-order valence-corrected chi connectivity index (χ1v) is 5.93. The molecule has 2 N–H and O–H groups in total. The van der Waals surface area contributed by atoms with E-state index in [2.05, 4.69) is 0 Å². The fraction of sp³-hybridized carbons (Fsp3) is 0.538. The summed E-state index contributed by atoms with van der Waals surface area (Å²) in [4.78, 5) is 1.75. The molecule has 0 aliphatic heterocycles. The average Bonchev–Trinajstić information content (AvgIpc) is 2.36. The standard InChI is InChI=1S/C13H19F3N2O/c1-9(8-19-3)18(2)11-5-4-10(7-17)12(6-11)13(14,15)16/h4-6,9H,7-8,17H2,1-3H3. The first kappa shape index (κ1) is 15.8. The summed E-state index contributed by atoms with van der Waals surface area (Å²) in [6, 6.07) is 4.18. The summed E-state index contributed by atoms with van der Waals surface area (Å²) in [6.45, 7) is 2.19. The van der Waals surface area contributed by atoms with Gasteiger partial charge in [-0.25, -0.2) is 0 Å². The number of methoxy groups -OCH3 is 1. The maximum atomic E-state index is 12.9. The summed E-state index contributed by atoms with van der Waals surface area (Å²) in [6.07, 6.45) is -4.39. The first-order valence-electron chi connectivity index (χ1n) is 5.93. The van der Waals surface area contributed by atoms with Gasteiger partial charge in [-0.2, -0.15) is 13.2 Å². The molecule has 0 saturated carbocycles. The van der Waals surface area contributed by atoms with Gasteiger partial charge >= 0.3 is 6.18 Å². The van der Waals surface area contributed by atoms with E-state index in [0.717, 1.165) is 6.07 Å². The highest BCUT2D eigenvalue weighted by molar-refractivity contribution is 5.52. The Labute approximate surface area is 111 Å². The summed E-state index contributed by atoms with van der Waals surface area (Å²) >= 11 is 0. The zero-order valence-corrected chi connectivity index (χ0v) is 11.3. The average molecular weight is 276 g/mol. The van der Waals surface area contributed by atoms with E-state index >= 15 is 0 Å². The van der Waals surface area contributed by atoms with Gasteiger partial charge in [0.2, 0.25) is 0 Å². The molecule has 3 nitrogen and oxygen atoms in total. The molecular formula is C13H19F3N2O. The number of nitrogens with two attached hydrogens (primary N) is 1. The van der Waals surface area contributed by atoms with Crippen molar-refractivity contribution in [1.82, 2.24) is 0 Å². The SMILES string of the molecule is COCC(C)N(C)c1ccc(CN)c(C(F)(F)F)c1. The highest BCUT2D eigenvalue weighted by Gasteiger charge is 2.33. The molecule has 1 atom stereocenters. The Bertz CT molecular complexity index is 421. The lowest BCUT2D eigenvalue weighted by atomic mass is 10.1. The van der Waals surface area contributed by atoms with Gasteiger partial charge in [-0.15, -0.1) is 0 Å².